The SMILES string of the molecule is COC(=O)c1ccc(NNC(=O)c2ccccc2F)c([N+](=O)[O-])c1. The first-order valence-corrected chi connectivity index (χ1v) is 6.61. The highest BCUT2D eigenvalue weighted by molar-refractivity contribution is 5.95. The van der Waals surface area contributed by atoms with Crippen LogP contribution in [0.15, 0.2) is 42.5 Å². The summed E-state index contributed by atoms with van der Waals surface area (Å²) in [6.45, 7) is 0. The van der Waals surface area contributed by atoms with E-state index in [0.29, 0.717) is 0 Å². The molecule has 0 aliphatic carbocycles. The molecular formula is C15H12FN3O5. The number of hydrogen-bond donors (Lipinski definition) is 2. The molecule has 0 unspecified atom stereocenters. The van der Waals surface area contributed by atoms with E-state index >= 15 is 0 Å². The van der Waals surface area contributed by atoms with Crippen LogP contribution in [0.1, 0.15) is 20.7 Å². The molecule has 24 heavy (non-hydrogen) atoms. The van der Waals surface area contributed by atoms with E-state index in [-0.39, 0.29) is 16.8 Å². The molecule has 0 bridgehead atoms. The molecule has 0 saturated carbocycles. The number of halogens is 1. The largest absolute Gasteiger partial charge is 0.465 e. The third-order valence-corrected chi connectivity index (χ3v) is 3.04. The lowest BCUT2D eigenvalue weighted by atomic mass is 10.2. The molecule has 2 aromatic rings. The Bertz CT molecular complexity index is 809. The van der Waals surface area contributed by atoms with Gasteiger partial charge in [-0.2, -0.15) is 0 Å². The summed E-state index contributed by atoms with van der Waals surface area (Å²) in [5.41, 5.74) is 3.74. The number of nitro groups is 1. The molecule has 2 rings (SSSR count). The lowest BCUT2D eigenvalue weighted by molar-refractivity contribution is -0.384. The van der Waals surface area contributed by atoms with Crippen molar-refractivity contribution in [1.82, 2.24) is 5.43 Å². The first-order chi connectivity index (χ1) is 11.4. The maximum Gasteiger partial charge on any atom is 0.338 e. The first kappa shape index (κ1) is 16.9. The van der Waals surface area contributed by atoms with E-state index in [0.717, 1.165) is 19.2 Å². The zero-order valence-electron chi connectivity index (χ0n) is 12.4. The summed E-state index contributed by atoms with van der Waals surface area (Å²) in [6.07, 6.45) is 0. The van der Waals surface area contributed by atoms with Crippen molar-refractivity contribution in [3.05, 3.63) is 69.5 Å². The van der Waals surface area contributed by atoms with Crippen molar-refractivity contribution in [2.24, 2.45) is 0 Å². The minimum Gasteiger partial charge on any atom is -0.465 e. The third-order valence-electron chi connectivity index (χ3n) is 3.04. The van der Waals surface area contributed by atoms with Crippen LogP contribution < -0.4 is 10.9 Å². The minimum atomic E-state index is -0.806. The number of nitrogens with zero attached hydrogens (tertiary/aromatic N) is 1. The Morgan fingerprint density at radius 3 is 2.54 bits per heavy atom. The fourth-order valence-electron chi connectivity index (χ4n) is 1.87. The second-order valence-electron chi connectivity index (χ2n) is 4.54. The lowest BCUT2D eigenvalue weighted by Crippen LogP contribution is -2.30. The number of benzene rings is 2. The summed E-state index contributed by atoms with van der Waals surface area (Å²) in [6, 6.07) is 8.80. The number of carbonyl (C=O) groups is 2. The Morgan fingerprint density at radius 2 is 1.92 bits per heavy atom. The number of esters is 1. The van der Waals surface area contributed by atoms with Crippen molar-refractivity contribution in [1.29, 1.82) is 0 Å². The Balaban J connectivity index is 2.20. The minimum absolute atomic E-state index is 0.0184. The van der Waals surface area contributed by atoms with Gasteiger partial charge in [-0.05, 0) is 24.3 Å². The predicted molar refractivity (Wildman–Crippen MR) is 81.9 cm³/mol. The van der Waals surface area contributed by atoms with E-state index in [4.69, 9.17) is 0 Å². The molecule has 2 aromatic carbocycles. The number of nitrogens with one attached hydrogen (secondary N) is 2. The van der Waals surface area contributed by atoms with Gasteiger partial charge < -0.3 is 4.74 Å². The van der Waals surface area contributed by atoms with Crippen LogP contribution >= 0.6 is 0 Å². The molecule has 0 fully saturated rings. The number of anilines is 1. The molecule has 0 aliphatic heterocycles. The molecule has 0 radical (unpaired) electrons. The molecule has 0 aliphatic rings. The van der Waals surface area contributed by atoms with Crippen molar-refractivity contribution in [2.45, 2.75) is 0 Å². The highest BCUT2D eigenvalue weighted by Crippen LogP contribution is 2.25. The number of ether oxygens (including phenoxy) is 1. The van der Waals surface area contributed by atoms with Crippen LogP contribution in [-0.2, 0) is 4.74 Å². The molecular weight excluding hydrogens is 321 g/mol. The van der Waals surface area contributed by atoms with E-state index in [1.54, 1.807) is 0 Å². The van der Waals surface area contributed by atoms with Crippen molar-refractivity contribution in [2.75, 3.05) is 12.5 Å². The van der Waals surface area contributed by atoms with E-state index in [1.807, 2.05) is 0 Å². The number of rotatable bonds is 5. The lowest BCUT2D eigenvalue weighted by Gasteiger charge is -2.10. The van der Waals surface area contributed by atoms with Gasteiger partial charge in [0.2, 0.25) is 0 Å². The van der Waals surface area contributed by atoms with Gasteiger partial charge >= 0.3 is 5.97 Å². The number of methoxy groups -OCH3 is 1. The second kappa shape index (κ2) is 7.18. The first-order valence-electron chi connectivity index (χ1n) is 6.61. The van der Waals surface area contributed by atoms with Gasteiger partial charge in [-0.25, -0.2) is 9.18 Å². The zero-order valence-corrected chi connectivity index (χ0v) is 12.4. The fourth-order valence-corrected chi connectivity index (χ4v) is 1.87. The predicted octanol–water partition coefficient (Wildman–Crippen LogP) is 2.28. The van der Waals surface area contributed by atoms with Gasteiger partial charge in [0.05, 0.1) is 23.2 Å². The van der Waals surface area contributed by atoms with E-state index in [9.17, 15) is 24.1 Å². The quantitative estimate of drug-likeness (QED) is 0.493. The van der Waals surface area contributed by atoms with Gasteiger partial charge in [-0.3, -0.25) is 25.8 Å². The normalized spacial score (nSPS) is 9.92. The van der Waals surface area contributed by atoms with Gasteiger partial charge in [0.25, 0.3) is 11.6 Å². The zero-order chi connectivity index (χ0) is 17.7. The smallest absolute Gasteiger partial charge is 0.338 e. The average Bonchev–Trinajstić information content (AvgIpc) is 2.59. The van der Waals surface area contributed by atoms with Crippen molar-refractivity contribution >= 4 is 23.3 Å². The molecule has 1 amide bonds. The fraction of sp³-hybridized carbons (Fsp3) is 0.0667. The van der Waals surface area contributed by atoms with Gasteiger partial charge in [0.1, 0.15) is 11.5 Å². The number of hydrogen-bond acceptors (Lipinski definition) is 6. The van der Waals surface area contributed by atoms with Crippen LogP contribution in [0.2, 0.25) is 0 Å². The summed E-state index contributed by atoms with van der Waals surface area (Å²) in [5, 5.41) is 11.1. The van der Waals surface area contributed by atoms with Crippen LogP contribution in [0.4, 0.5) is 15.8 Å². The van der Waals surface area contributed by atoms with E-state index in [2.05, 4.69) is 15.6 Å². The van der Waals surface area contributed by atoms with Crippen LogP contribution in [-0.4, -0.2) is 23.9 Å². The van der Waals surface area contributed by atoms with Crippen LogP contribution in [0.25, 0.3) is 0 Å². The Hall–Kier alpha value is -3.49. The van der Waals surface area contributed by atoms with Crippen LogP contribution in [0.3, 0.4) is 0 Å². The summed E-state index contributed by atoms with van der Waals surface area (Å²) >= 11 is 0. The summed E-state index contributed by atoms with van der Waals surface area (Å²) < 4.78 is 18.0. The highest BCUT2D eigenvalue weighted by Gasteiger charge is 2.19. The van der Waals surface area contributed by atoms with Gasteiger partial charge in [0.15, 0.2) is 0 Å². The van der Waals surface area contributed by atoms with Crippen LogP contribution in [0, 0.1) is 15.9 Å². The summed E-state index contributed by atoms with van der Waals surface area (Å²) in [4.78, 5) is 33.7. The molecule has 9 heteroatoms. The maximum atomic E-state index is 13.5. The molecule has 0 aromatic heterocycles. The van der Waals surface area contributed by atoms with Gasteiger partial charge in [0, 0.05) is 6.07 Å². The summed E-state index contributed by atoms with van der Waals surface area (Å²) in [5.74, 6) is -2.27. The monoisotopic (exact) mass is 333 g/mol. The van der Waals surface area contributed by atoms with Crippen molar-refractivity contribution < 1.29 is 23.6 Å². The standard InChI is InChI=1S/C15H12FN3O5/c1-24-15(21)9-6-7-12(13(8-9)19(22)23)17-18-14(20)10-4-2-3-5-11(10)16/h2-8,17H,1H3,(H,18,20). The maximum absolute atomic E-state index is 13.5. The number of nitro benzene ring substituents is 1. The van der Waals surface area contributed by atoms with E-state index in [1.165, 1.54) is 30.3 Å². The second-order valence-corrected chi connectivity index (χ2v) is 4.54. The number of amides is 1. The van der Waals surface area contributed by atoms with Crippen molar-refractivity contribution in [3.8, 4) is 0 Å². The number of carbonyl (C=O) groups excluding carboxylic acids is 2. The van der Waals surface area contributed by atoms with Gasteiger partial charge in [-0.1, -0.05) is 12.1 Å². The molecule has 2 N–H and O–H groups in total. The summed E-state index contributed by atoms with van der Waals surface area (Å²) in [7, 11) is 1.15. The Kier molecular flexibility index (Phi) is 5.05. The molecule has 124 valence electrons. The molecule has 0 atom stereocenters. The molecule has 8 nitrogen and oxygen atoms in total. The highest BCUT2D eigenvalue weighted by atomic mass is 19.1. The number of hydrazine groups is 1. The average molecular weight is 333 g/mol. The van der Waals surface area contributed by atoms with Crippen LogP contribution in [0.5, 0.6) is 0 Å². The van der Waals surface area contributed by atoms with Gasteiger partial charge in [-0.15, -0.1) is 0 Å². The molecule has 0 saturated heterocycles. The molecule has 0 heterocycles. The third kappa shape index (κ3) is 3.64. The Morgan fingerprint density at radius 1 is 1.21 bits per heavy atom. The van der Waals surface area contributed by atoms with Crippen molar-refractivity contribution in [3.63, 3.8) is 0 Å². The van der Waals surface area contributed by atoms with E-state index < -0.39 is 28.3 Å². The molecule has 0 spiro atoms. The Labute approximate surface area is 135 Å². The topological polar surface area (TPSA) is 111 Å².